The van der Waals surface area contributed by atoms with E-state index >= 15 is 0 Å². The molecular formula is C23H24N4O2S. The van der Waals surface area contributed by atoms with Gasteiger partial charge in [0.1, 0.15) is 10.8 Å². The van der Waals surface area contributed by atoms with Crippen molar-refractivity contribution in [1.82, 2.24) is 9.97 Å². The van der Waals surface area contributed by atoms with Crippen molar-refractivity contribution in [3.05, 3.63) is 77.6 Å². The molecule has 6 nitrogen and oxygen atoms in total. The topological polar surface area (TPSA) is 84.0 Å². The standard InChI is InChI=1S/C23H24N4O2S/c1-15(2)18-6-4-7-19(13-18)27-22(29)20-8-5-10-25-23(20)30-14-17-9-11-24-21(12-17)26-16(3)28/h4-13,15H,14H2,1-3H3,(H,27,29)(H,24,26,28). The first-order valence-electron chi connectivity index (χ1n) is 9.64. The molecule has 7 heteroatoms. The van der Waals surface area contributed by atoms with Crippen molar-refractivity contribution in [3.63, 3.8) is 0 Å². The summed E-state index contributed by atoms with van der Waals surface area (Å²) in [6.45, 7) is 5.68. The summed E-state index contributed by atoms with van der Waals surface area (Å²) < 4.78 is 0. The van der Waals surface area contributed by atoms with E-state index < -0.39 is 0 Å². The molecule has 154 valence electrons. The molecule has 30 heavy (non-hydrogen) atoms. The van der Waals surface area contributed by atoms with Gasteiger partial charge in [0.15, 0.2) is 0 Å². The van der Waals surface area contributed by atoms with E-state index in [1.165, 1.54) is 24.2 Å². The summed E-state index contributed by atoms with van der Waals surface area (Å²) in [5, 5.41) is 6.29. The maximum Gasteiger partial charge on any atom is 0.258 e. The lowest BCUT2D eigenvalue weighted by molar-refractivity contribution is -0.114. The van der Waals surface area contributed by atoms with Crippen LogP contribution >= 0.6 is 11.8 Å². The van der Waals surface area contributed by atoms with Crippen molar-refractivity contribution in [1.29, 1.82) is 0 Å². The Balaban J connectivity index is 1.72. The Bertz CT molecular complexity index is 1050. The highest BCUT2D eigenvalue weighted by Crippen LogP contribution is 2.26. The highest BCUT2D eigenvalue weighted by Gasteiger charge is 2.14. The Morgan fingerprint density at radius 3 is 2.60 bits per heavy atom. The maximum atomic E-state index is 12.9. The van der Waals surface area contributed by atoms with Crippen molar-refractivity contribution in [2.45, 2.75) is 37.5 Å². The number of hydrogen-bond donors (Lipinski definition) is 2. The minimum atomic E-state index is -0.194. The number of carbonyl (C=O) groups is 2. The first-order valence-corrected chi connectivity index (χ1v) is 10.6. The quantitative estimate of drug-likeness (QED) is 0.519. The SMILES string of the molecule is CC(=O)Nc1cc(CSc2ncccc2C(=O)Nc2cccc(C(C)C)c2)ccn1. The van der Waals surface area contributed by atoms with Crippen LogP contribution in [0.25, 0.3) is 0 Å². The Hall–Kier alpha value is -3.19. The molecule has 3 aromatic rings. The van der Waals surface area contributed by atoms with Gasteiger partial charge in [-0.2, -0.15) is 0 Å². The monoisotopic (exact) mass is 420 g/mol. The van der Waals surface area contributed by atoms with Gasteiger partial charge in [-0.25, -0.2) is 9.97 Å². The molecule has 0 aliphatic heterocycles. The highest BCUT2D eigenvalue weighted by atomic mass is 32.2. The largest absolute Gasteiger partial charge is 0.322 e. The second-order valence-electron chi connectivity index (χ2n) is 7.11. The van der Waals surface area contributed by atoms with Crippen LogP contribution in [0.2, 0.25) is 0 Å². The fourth-order valence-corrected chi connectivity index (χ4v) is 3.75. The number of rotatable bonds is 7. The van der Waals surface area contributed by atoms with Gasteiger partial charge in [-0.3, -0.25) is 9.59 Å². The Kier molecular flexibility index (Phi) is 7.19. The van der Waals surface area contributed by atoms with E-state index in [9.17, 15) is 9.59 Å². The van der Waals surface area contributed by atoms with Gasteiger partial charge in [-0.15, -0.1) is 11.8 Å². The van der Waals surface area contributed by atoms with Crippen LogP contribution in [0.1, 0.15) is 48.2 Å². The van der Waals surface area contributed by atoms with Crippen LogP contribution in [0, 0.1) is 0 Å². The lowest BCUT2D eigenvalue weighted by Gasteiger charge is -2.11. The Morgan fingerprint density at radius 2 is 1.83 bits per heavy atom. The van der Waals surface area contributed by atoms with Gasteiger partial charge in [-0.1, -0.05) is 26.0 Å². The number of aromatic nitrogens is 2. The molecule has 2 amide bonds. The van der Waals surface area contributed by atoms with Gasteiger partial charge >= 0.3 is 0 Å². The molecule has 0 saturated carbocycles. The van der Waals surface area contributed by atoms with E-state index in [0.29, 0.717) is 28.1 Å². The van der Waals surface area contributed by atoms with Crippen LogP contribution in [-0.4, -0.2) is 21.8 Å². The zero-order chi connectivity index (χ0) is 21.5. The van der Waals surface area contributed by atoms with E-state index in [0.717, 1.165) is 11.3 Å². The number of anilines is 2. The van der Waals surface area contributed by atoms with Crippen LogP contribution in [0.4, 0.5) is 11.5 Å². The predicted molar refractivity (Wildman–Crippen MR) is 121 cm³/mol. The number of nitrogens with zero attached hydrogens (tertiary/aromatic N) is 2. The van der Waals surface area contributed by atoms with Gasteiger partial charge in [-0.05, 0) is 53.4 Å². The molecule has 0 spiro atoms. The van der Waals surface area contributed by atoms with E-state index in [1.54, 1.807) is 24.5 Å². The molecule has 2 heterocycles. The first-order chi connectivity index (χ1) is 14.4. The number of hydrogen-bond acceptors (Lipinski definition) is 5. The van der Waals surface area contributed by atoms with Gasteiger partial charge in [0, 0.05) is 30.8 Å². The third-order valence-electron chi connectivity index (χ3n) is 4.33. The lowest BCUT2D eigenvalue weighted by atomic mass is 10.0. The minimum Gasteiger partial charge on any atom is -0.322 e. The molecule has 1 aromatic carbocycles. The van der Waals surface area contributed by atoms with Crippen molar-refractivity contribution in [3.8, 4) is 0 Å². The van der Waals surface area contributed by atoms with Gasteiger partial charge in [0.05, 0.1) is 5.56 Å². The normalized spacial score (nSPS) is 10.7. The van der Waals surface area contributed by atoms with Crippen molar-refractivity contribution in [2.75, 3.05) is 10.6 Å². The van der Waals surface area contributed by atoms with Crippen molar-refractivity contribution >= 4 is 35.1 Å². The fourth-order valence-electron chi connectivity index (χ4n) is 2.82. The summed E-state index contributed by atoms with van der Waals surface area (Å²) >= 11 is 1.46. The minimum absolute atomic E-state index is 0.169. The summed E-state index contributed by atoms with van der Waals surface area (Å²) in [6, 6.07) is 15.1. The van der Waals surface area contributed by atoms with E-state index in [2.05, 4.69) is 40.5 Å². The zero-order valence-corrected chi connectivity index (χ0v) is 18.0. The molecule has 0 aliphatic rings. The van der Waals surface area contributed by atoms with Crippen LogP contribution in [0.5, 0.6) is 0 Å². The number of amides is 2. The summed E-state index contributed by atoms with van der Waals surface area (Å²) in [5.41, 5.74) is 3.43. The lowest BCUT2D eigenvalue weighted by Crippen LogP contribution is -2.14. The molecule has 0 saturated heterocycles. The van der Waals surface area contributed by atoms with Gasteiger partial charge in [0.2, 0.25) is 5.91 Å². The van der Waals surface area contributed by atoms with Crippen molar-refractivity contribution < 1.29 is 9.59 Å². The average Bonchev–Trinajstić information content (AvgIpc) is 2.72. The Morgan fingerprint density at radius 1 is 1.00 bits per heavy atom. The molecule has 0 bridgehead atoms. The summed E-state index contributed by atoms with van der Waals surface area (Å²) in [6.07, 6.45) is 3.32. The second-order valence-corrected chi connectivity index (χ2v) is 8.07. The molecule has 0 fully saturated rings. The number of nitrogens with one attached hydrogen (secondary N) is 2. The molecule has 0 atom stereocenters. The molecule has 0 unspecified atom stereocenters. The van der Waals surface area contributed by atoms with Crippen molar-refractivity contribution in [2.24, 2.45) is 0 Å². The number of carbonyl (C=O) groups excluding carboxylic acids is 2. The smallest absolute Gasteiger partial charge is 0.258 e. The first kappa shape index (κ1) is 21.5. The van der Waals surface area contributed by atoms with Crippen LogP contribution in [0.15, 0.2) is 66.0 Å². The maximum absolute atomic E-state index is 12.9. The summed E-state index contributed by atoms with van der Waals surface area (Å²) in [4.78, 5) is 32.6. The highest BCUT2D eigenvalue weighted by molar-refractivity contribution is 7.98. The van der Waals surface area contributed by atoms with Gasteiger partial charge in [0.25, 0.3) is 5.91 Å². The van der Waals surface area contributed by atoms with E-state index in [-0.39, 0.29) is 11.8 Å². The fraction of sp³-hybridized carbons (Fsp3) is 0.217. The van der Waals surface area contributed by atoms with Gasteiger partial charge < -0.3 is 10.6 Å². The summed E-state index contributed by atoms with van der Waals surface area (Å²) in [7, 11) is 0. The molecule has 2 N–H and O–H groups in total. The average molecular weight is 421 g/mol. The van der Waals surface area contributed by atoms with E-state index in [1.807, 2.05) is 30.3 Å². The second kappa shape index (κ2) is 10.0. The number of pyridine rings is 2. The molecule has 2 aromatic heterocycles. The van der Waals surface area contributed by atoms with Crippen LogP contribution < -0.4 is 10.6 Å². The molecule has 0 radical (unpaired) electrons. The molecular weight excluding hydrogens is 396 g/mol. The predicted octanol–water partition coefficient (Wildman–Crippen LogP) is 5.10. The molecule has 0 aliphatic carbocycles. The van der Waals surface area contributed by atoms with Crippen LogP contribution in [-0.2, 0) is 10.5 Å². The molecule has 3 rings (SSSR count). The Labute approximate surface area is 180 Å². The summed E-state index contributed by atoms with van der Waals surface area (Å²) in [5.74, 6) is 1.12. The van der Waals surface area contributed by atoms with E-state index in [4.69, 9.17) is 0 Å². The van der Waals surface area contributed by atoms with Crippen LogP contribution in [0.3, 0.4) is 0 Å². The third-order valence-corrected chi connectivity index (χ3v) is 5.41. The zero-order valence-electron chi connectivity index (χ0n) is 17.2. The third kappa shape index (κ3) is 5.90. The number of thioether (sulfide) groups is 1. The number of benzene rings is 1.